The molecule has 1 unspecified atom stereocenters. The van der Waals surface area contributed by atoms with Crippen molar-refractivity contribution in [2.24, 2.45) is 0 Å². The second-order valence-electron chi connectivity index (χ2n) is 7.66. The number of aryl methyl sites for hydroxylation is 1. The summed E-state index contributed by atoms with van der Waals surface area (Å²) in [5, 5.41) is 7.35. The average Bonchev–Trinajstić information content (AvgIpc) is 3.12. The average molecular weight is 469 g/mol. The third-order valence-corrected chi connectivity index (χ3v) is 7.51. The van der Waals surface area contributed by atoms with Gasteiger partial charge in [0.1, 0.15) is 6.04 Å². The Morgan fingerprint density at radius 2 is 1.85 bits per heavy atom. The van der Waals surface area contributed by atoms with Crippen molar-refractivity contribution in [3.63, 3.8) is 0 Å². The summed E-state index contributed by atoms with van der Waals surface area (Å²) in [6.07, 6.45) is 0. The van der Waals surface area contributed by atoms with E-state index in [4.69, 9.17) is 4.74 Å². The Bertz CT molecular complexity index is 1320. The van der Waals surface area contributed by atoms with Crippen molar-refractivity contribution >= 4 is 21.9 Å². The largest absolute Gasteiger partial charge is 0.465 e. The van der Waals surface area contributed by atoms with Gasteiger partial charge in [-0.25, -0.2) is 17.9 Å². The summed E-state index contributed by atoms with van der Waals surface area (Å²) in [5.74, 6) is -1.07. The lowest BCUT2D eigenvalue weighted by Crippen LogP contribution is -2.52. The van der Waals surface area contributed by atoms with Crippen LogP contribution in [0.15, 0.2) is 59.5 Å². The standard InChI is InChI=1S/C23H24N4O5S/c1-15-20(16(2)27(25-15)18-9-5-4-6-10-18)21-22(28)24-12-13-26(21)33(30,31)19-11-7-8-17(14-19)23(29)32-3/h4-11,14,21H,12-13H2,1-3H3,(H,24,28). The van der Waals surface area contributed by atoms with E-state index >= 15 is 0 Å². The van der Waals surface area contributed by atoms with E-state index in [9.17, 15) is 18.0 Å². The van der Waals surface area contributed by atoms with Gasteiger partial charge in [-0.05, 0) is 44.2 Å². The molecule has 1 amide bonds. The zero-order valence-electron chi connectivity index (χ0n) is 18.5. The summed E-state index contributed by atoms with van der Waals surface area (Å²) in [4.78, 5) is 24.9. The van der Waals surface area contributed by atoms with E-state index in [0.29, 0.717) is 17.0 Å². The number of nitrogens with zero attached hydrogens (tertiary/aromatic N) is 3. The number of nitrogens with one attached hydrogen (secondary N) is 1. The fourth-order valence-electron chi connectivity index (χ4n) is 4.09. The zero-order valence-corrected chi connectivity index (χ0v) is 19.3. The van der Waals surface area contributed by atoms with Gasteiger partial charge in [0, 0.05) is 24.3 Å². The van der Waals surface area contributed by atoms with Crippen LogP contribution in [0.25, 0.3) is 5.69 Å². The van der Waals surface area contributed by atoms with E-state index in [1.54, 1.807) is 11.6 Å². The molecule has 0 aliphatic carbocycles. The molecule has 172 valence electrons. The number of hydrogen-bond acceptors (Lipinski definition) is 6. The summed E-state index contributed by atoms with van der Waals surface area (Å²) < 4.78 is 34.9. The quantitative estimate of drug-likeness (QED) is 0.575. The molecule has 4 rings (SSSR count). The minimum Gasteiger partial charge on any atom is -0.465 e. The van der Waals surface area contributed by atoms with Crippen LogP contribution >= 0.6 is 0 Å². The highest BCUT2D eigenvalue weighted by atomic mass is 32.2. The van der Waals surface area contributed by atoms with Crippen LogP contribution in [-0.4, -0.2) is 54.6 Å². The van der Waals surface area contributed by atoms with Gasteiger partial charge in [-0.1, -0.05) is 24.3 Å². The molecular formula is C23H24N4O5S. The van der Waals surface area contributed by atoms with Crippen LogP contribution in [-0.2, 0) is 19.6 Å². The smallest absolute Gasteiger partial charge is 0.337 e. The van der Waals surface area contributed by atoms with Crippen molar-refractivity contribution in [1.29, 1.82) is 0 Å². The van der Waals surface area contributed by atoms with Crippen LogP contribution in [0.2, 0.25) is 0 Å². The molecule has 1 aliphatic heterocycles. The van der Waals surface area contributed by atoms with Crippen molar-refractivity contribution in [2.75, 3.05) is 20.2 Å². The number of hydrogen-bond donors (Lipinski definition) is 1. The fourth-order valence-corrected chi connectivity index (χ4v) is 5.70. The Balaban J connectivity index is 1.81. The summed E-state index contributed by atoms with van der Waals surface area (Å²) in [5.41, 5.74) is 2.68. The molecule has 2 aromatic carbocycles. The second-order valence-corrected chi connectivity index (χ2v) is 9.55. The monoisotopic (exact) mass is 468 g/mol. The number of para-hydroxylation sites is 1. The minimum absolute atomic E-state index is 0.0799. The van der Waals surface area contributed by atoms with E-state index in [-0.39, 0.29) is 23.5 Å². The van der Waals surface area contributed by atoms with E-state index in [1.165, 1.54) is 35.7 Å². The van der Waals surface area contributed by atoms with Gasteiger partial charge < -0.3 is 10.1 Å². The Hall–Kier alpha value is -3.50. The van der Waals surface area contributed by atoms with Crippen molar-refractivity contribution < 1.29 is 22.7 Å². The molecule has 0 bridgehead atoms. The zero-order chi connectivity index (χ0) is 23.8. The lowest BCUT2D eigenvalue weighted by atomic mass is 10.0. The molecule has 1 aliphatic rings. The van der Waals surface area contributed by atoms with Gasteiger partial charge >= 0.3 is 5.97 Å². The summed E-state index contributed by atoms with van der Waals surface area (Å²) in [6.45, 7) is 3.83. The number of methoxy groups -OCH3 is 1. The van der Waals surface area contributed by atoms with Crippen molar-refractivity contribution in [3.05, 3.63) is 77.1 Å². The third-order valence-electron chi connectivity index (χ3n) is 5.65. The summed E-state index contributed by atoms with van der Waals surface area (Å²) >= 11 is 0. The molecule has 1 saturated heterocycles. The van der Waals surface area contributed by atoms with Gasteiger partial charge in [-0.15, -0.1) is 0 Å². The molecule has 0 saturated carbocycles. The van der Waals surface area contributed by atoms with Crippen molar-refractivity contribution in [2.45, 2.75) is 24.8 Å². The van der Waals surface area contributed by atoms with Crippen LogP contribution < -0.4 is 5.32 Å². The number of aromatic nitrogens is 2. The molecule has 10 heteroatoms. The maximum absolute atomic E-state index is 13.6. The Morgan fingerprint density at radius 3 is 2.55 bits per heavy atom. The number of carbonyl (C=O) groups is 2. The Kier molecular flexibility index (Phi) is 6.05. The molecule has 3 aromatic rings. The van der Waals surface area contributed by atoms with Crippen molar-refractivity contribution in [1.82, 2.24) is 19.4 Å². The molecule has 0 radical (unpaired) electrons. The second kappa shape index (κ2) is 8.80. The highest BCUT2D eigenvalue weighted by molar-refractivity contribution is 7.89. The predicted molar refractivity (Wildman–Crippen MR) is 120 cm³/mol. The van der Waals surface area contributed by atoms with E-state index in [1.807, 2.05) is 37.3 Å². The first-order valence-electron chi connectivity index (χ1n) is 10.3. The summed E-state index contributed by atoms with van der Waals surface area (Å²) in [6, 6.07) is 13.9. The topological polar surface area (TPSA) is 111 Å². The van der Waals surface area contributed by atoms with Crippen LogP contribution in [0.1, 0.15) is 33.4 Å². The molecule has 1 N–H and O–H groups in total. The molecule has 1 fully saturated rings. The number of sulfonamides is 1. The van der Waals surface area contributed by atoms with E-state index in [0.717, 1.165) is 5.69 Å². The molecule has 9 nitrogen and oxygen atoms in total. The van der Waals surface area contributed by atoms with Crippen LogP contribution in [0, 0.1) is 13.8 Å². The van der Waals surface area contributed by atoms with Gasteiger partial charge in [0.05, 0.1) is 29.0 Å². The first-order chi connectivity index (χ1) is 15.8. The third kappa shape index (κ3) is 4.03. The van der Waals surface area contributed by atoms with Crippen LogP contribution in [0.5, 0.6) is 0 Å². The van der Waals surface area contributed by atoms with Gasteiger partial charge in [0.2, 0.25) is 15.9 Å². The van der Waals surface area contributed by atoms with Gasteiger partial charge in [0.15, 0.2) is 0 Å². The number of piperazine rings is 1. The molecule has 0 spiro atoms. The number of rotatable bonds is 5. The maximum Gasteiger partial charge on any atom is 0.337 e. The number of esters is 1. The van der Waals surface area contributed by atoms with E-state index in [2.05, 4.69) is 10.4 Å². The molecule has 2 heterocycles. The molecular weight excluding hydrogens is 444 g/mol. The normalized spacial score (nSPS) is 16.9. The SMILES string of the molecule is COC(=O)c1cccc(S(=O)(=O)N2CCNC(=O)C2c2c(C)nn(-c3ccccc3)c2C)c1. The predicted octanol–water partition coefficient (Wildman–Crippen LogP) is 2.14. The van der Waals surface area contributed by atoms with Gasteiger partial charge in [-0.2, -0.15) is 9.40 Å². The number of amides is 1. The fraction of sp³-hybridized carbons (Fsp3) is 0.261. The maximum atomic E-state index is 13.6. The van der Waals surface area contributed by atoms with Gasteiger partial charge in [0.25, 0.3) is 0 Å². The molecule has 33 heavy (non-hydrogen) atoms. The minimum atomic E-state index is -4.12. The Labute approximate surface area is 192 Å². The van der Waals surface area contributed by atoms with E-state index < -0.39 is 27.9 Å². The van der Waals surface area contributed by atoms with Crippen LogP contribution in [0.4, 0.5) is 0 Å². The van der Waals surface area contributed by atoms with Crippen molar-refractivity contribution in [3.8, 4) is 5.69 Å². The molecule has 1 aromatic heterocycles. The number of carbonyl (C=O) groups excluding carboxylic acids is 2. The lowest BCUT2D eigenvalue weighted by Gasteiger charge is -2.34. The first-order valence-corrected chi connectivity index (χ1v) is 11.8. The highest BCUT2D eigenvalue weighted by Gasteiger charge is 2.42. The number of benzene rings is 2. The highest BCUT2D eigenvalue weighted by Crippen LogP contribution is 2.34. The van der Waals surface area contributed by atoms with Crippen LogP contribution in [0.3, 0.4) is 0 Å². The number of ether oxygens (including phenoxy) is 1. The lowest BCUT2D eigenvalue weighted by molar-refractivity contribution is -0.127. The Morgan fingerprint density at radius 1 is 1.12 bits per heavy atom. The first kappa shape index (κ1) is 22.7. The summed E-state index contributed by atoms with van der Waals surface area (Å²) in [7, 11) is -2.89. The van der Waals surface area contributed by atoms with Gasteiger partial charge in [-0.3, -0.25) is 4.79 Å². The molecule has 1 atom stereocenters.